The molecule has 19 heavy (non-hydrogen) atoms. The first-order valence-electron chi connectivity index (χ1n) is 7.16. The van der Waals surface area contributed by atoms with Crippen molar-refractivity contribution in [2.75, 3.05) is 11.9 Å². The molecule has 3 nitrogen and oxygen atoms in total. The molecule has 1 aliphatic heterocycles. The summed E-state index contributed by atoms with van der Waals surface area (Å²) in [5.74, 6) is 0.268. The number of aliphatic hydroxyl groups is 1. The second kappa shape index (κ2) is 5.74. The fourth-order valence-corrected chi connectivity index (χ4v) is 3.15. The second-order valence-electron chi connectivity index (χ2n) is 5.55. The molecule has 2 unspecified atom stereocenters. The highest BCUT2D eigenvalue weighted by molar-refractivity contribution is 6.06. The zero-order valence-electron chi connectivity index (χ0n) is 11.8. The van der Waals surface area contributed by atoms with Gasteiger partial charge in [0, 0.05) is 12.3 Å². The molecule has 104 valence electrons. The van der Waals surface area contributed by atoms with E-state index < -0.39 is 5.41 Å². The van der Waals surface area contributed by atoms with Crippen LogP contribution in [0.2, 0.25) is 0 Å². The molecular weight excluding hydrogens is 238 g/mol. The Morgan fingerprint density at radius 3 is 2.74 bits per heavy atom. The second-order valence-corrected chi connectivity index (χ2v) is 5.55. The number of hydrogen-bond acceptors (Lipinski definition) is 2. The summed E-state index contributed by atoms with van der Waals surface area (Å²) in [7, 11) is 0. The maximum Gasteiger partial charge on any atom is 0.235 e. The Hall–Kier alpha value is -1.35. The molecule has 2 N–H and O–H groups in total. The molecule has 2 rings (SSSR count). The summed E-state index contributed by atoms with van der Waals surface area (Å²) in [5.41, 5.74) is 1.50. The molecule has 0 aromatic heterocycles. The summed E-state index contributed by atoms with van der Waals surface area (Å²) in [6, 6.07) is 7.91. The molecule has 0 aliphatic carbocycles. The van der Waals surface area contributed by atoms with Gasteiger partial charge in [0.25, 0.3) is 0 Å². The summed E-state index contributed by atoms with van der Waals surface area (Å²) >= 11 is 0. The van der Waals surface area contributed by atoms with E-state index in [0.717, 1.165) is 30.5 Å². The van der Waals surface area contributed by atoms with Crippen molar-refractivity contribution in [1.29, 1.82) is 0 Å². The van der Waals surface area contributed by atoms with Crippen molar-refractivity contribution < 1.29 is 9.90 Å². The van der Waals surface area contributed by atoms with Crippen LogP contribution in [0.1, 0.15) is 45.1 Å². The van der Waals surface area contributed by atoms with Crippen LogP contribution in [0.3, 0.4) is 0 Å². The van der Waals surface area contributed by atoms with Crippen molar-refractivity contribution >= 4 is 11.6 Å². The van der Waals surface area contributed by atoms with Crippen LogP contribution in [0.5, 0.6) is 0 Å². The minimum absolute atomic E-state index is 0.0725. The average molecular weight is 261 g/mol. The summed E-state index contributed by atoms with van der Waals surface area (Å²) in [6.07, 6.45) is 3.87. The smallest absolute Gasteiger partial charge is 0.235 e. The fourth-order valence-electron chi connectivity index (χ4n) is 3.15. The van der Waals surface area contributed by atoms with E-state index in [1.807, 2.05) is 31.2 Å². The van der Waals surface area contributed by atoms with Gasteiger partial charge in [-0.25, -0.2) is 0 Å². The maximum absolute atomic E-state index is 12.4. The lowest BCUT2D eigenvalue weighted by Crippen LogP contribution is -2.39. The van der Waals surface area contributed by atoms with Crippen molar-refractivity contribution in [3.63, 3.8) is 0 Å². The van der Waals surface area contributed by atoms with E-state index >= 15 is 0 Å². The third kappa shape index (κ3) is 2.39. The SMILES string of the molecule is CCCCC(CCO)C1(C)C(=O)Nc2ccccc21. The number of aliphatic hydroxyl groups excluding tert-OH is 1. The Morgan fingerprint density at radius 1 is 1.32 bits per heavy atom. The molecular formula is C16H23NO2. The predicted molar refractivity (Wildman–Crippen MR) is 77.1 cm³/mol. The molecule has 0 bridgehead atoms. The highest BCUT2D eigenvalue weighted by atomic mass is 16.3. The largest absolute Gasteiger partial charge is 0.396 e. The van der Waals surface area contributed by atoms with Crippen molar-refractivity contribution in [2.45, 2.75) is 44.9 Å². The van der Waals surface area contributed by atoms with Gasteiger partial charge in [0.15, 0.2) is 0 Å². The number of carbonyl (C=O) groups excluding carboxylic acids is 1. The molecule has 0 spiro atoms. The number of fused-ring (bicyclic) bond motifs is 1. The van der Waals surface area contributed by atoms with Crippen LogP contribution >= 0.6 is 0 Å². The molecule has 1 amide bonds. The fraction of sp³-hybridized carbons (Fsp3) is 0.562. The van der Waals surface area contributed by atoms with E-state index in [2.05, 4.69) is 12.2 Å². The quantitative estimate of drug-likeness (QED) is 0.826. The molecule has 0 radical (unpaired) electrons. The first-order chi connectivity index (χ1) is 9.14. The number of anilines is 1. The standard InChI is InChI=1S/C16H23NO2/c1-3-4-7-12(10-11-18)16(2)13-8-5-6-9-14(13)17-15(16)19/h5-6,8-9,12,18H,3-4,7,10-11H2,1-2H3,(H,17,19). The molecule has 1 aliphatic rings. The Kier molecular flexibility index (Phi) is 4.25. The maximum atomic E-state index is 12.4. The Balaban J connectivity index is 2.35. The van der Waals surface area contributed by atoms with Gasteiger partial charge in [-0.05, 0) is 37.3 Å². The summed E-state index contributed by atoms with van der Waals surface area (Å²) in [6.45, 7) is 4.31. The van der Waals surface area contributed by atoms with Gasteiger partial charge in [-0.2, -0.15) is 0 Å². The number of benzene rings is 1. The third-order valence-electron chi connectivity index (χ3n) is 4.41. The Labute approximate surface area is 115 Å². The van der Waals surface area contributed by atoms with E-state index in [4.69, 9.17) is 0 Å². The van der Waals surface area contributed by atoms with E-state index in [1.165, 1.54) is 0 Å². The molecule has 1 aromatic carbocycles. The summed E-state index contributed by atoms with van der Waals surface area (Å²) in [4.78, 5) is 12.4. The number of rotatable bonds is 6. The van der Waals surface area contributed by atoms with Crippen LogP contribution in [-0.4, -0.2) is 17.6 Å². The molecule has 3 heteroatoms. The topological polar surface area (TPSA) is 49.3 Å². The van der Waals surface area contributed by atoms with Gasteiger partial charge in [0.05, 0.1) is 5.41 Å². The van der Waals surface area contributed by atoms with Crippen LogP contribution in [0, 0.1) is 5.92 Å². The Morgan fingerprint density at radius 2 is 2.05 bits per heavy atom. The van der Waals surface area contributed by atoms with Gasteiger partial charge >= 0.3 is 0 Å². The van der Waals surface area contributed by atoms with Crippen LogP contribution in [0.25, 0.3) is 0 Å². The zero-order valence-corrected chi connectivity index (χ0v) is 11.8. The van der Waals surface area contributed by atoms with Crippen molar-refractivity contribution in [2.24, 2.45) is 5.92 Å². The van der Waals surface area contributed by atoms with Gasteiger partial charge in [-0.3, -0.25) is 4.79 Å². The zero-order chi connectivity index (χ0) is 13.9. The highest BCUT2D eigenvalue weighted by Gasteiger charge is 2.47. The summed E-state index contributed by atoms with van der Waals surface area (Å²) in [5, 5.41) is 12.3. The normalized spacial score (nSPS) is 23.0. The molecule has 0 saturated heterocycles. The van der Waals surface area contributed by atoms with E-state index in [-0.39, 0.29) is 18.4 Å². The first-order valence-corrected chi connectivity index (χ1v) is 7.16. The van der Waals surface area contributed by atoms with Crippen molar-refractivity contribution in [3.8, 4) is 0 Å². The minimum Gasteiger partial charge on any atom is -0.396 e. The molecule has 1 heterocycles. The Bertz CT molecular complexity index is 458. The average Bonchev–Trinajstić information content (AvgIpc) is 2.68. The third-order valence-corrected chi connectivity index (χ3v) is 4.41. The lowest BCUT2D eigenvalue weighted by atomic mass is 9.69. The minimum atomic E-state index is -0.505. The predicted octanol–water partition coefficient (Wildman–Crippen LogP) is 3.09. The monoisotopic (exact) mass is 261 g/mol. The molecule has 0 saturated carbocycles. The lowest BCUT2D eigenvalue weighted by Gasteiger charge is -2.32. The van der Waals surface area contributed by atoms with Crippen LogP contribution < -0.4 is 5.32 Å². The van der Waals surface area contributed by atoms with Crippen LogP contribution in [-0.2, 0) is 10.2 Å². The number of amides is 1. The number of unbranched alkanes of at least 4 members (excludes halogenated alkanes) is 1. The molecule has 2 atom stereocenters. The van der Waals surface area contributed by atoms with Gasteiger partial charge in [-0.15, -0.1) is 0 Å². The van der Waals surface area contributed by atoms with Gasteiger partial charge in [-0.1, -0.05) is 38.0 Å². The van der Waals surface area contributed by atoms with Crippen LogP contribution in [0.4, 0.5) is 5.69 Å². The van der Waals surface area contributed by atoms with Gasteiger partial charge in [0.1, 0.15) is 0 Å². The van der Waals surface area contributed by atoms with Crippen molar-refractivity contribution in [1.82, 2.24) is 0 Å². The van der Waals surface area contributed by atoms with E-state index in [9.17, 15) is 9.90 Å². The number of nitrogens with one attached hydrogen (secondary N) is 1. The number of carbonyl (C=O) groups is 1. The first kappa shape index (κ1) is 14.1. The summed E-state index contributed by atoms with van der Waals surface area (Å²) < 4.78 is 0. The molecule has 1 aromatic rings. The number of hydrogen-bond donors (Lipinski definition) is 2. The highest BCUT2D eigenvalue weighted by Crippen LogP contribution is 2.45. The lowest BCUT2D eigenvalue weighted by molar-refractivity contribution is -0.122. The van der Waals surface area contributed by atoms with Gasteiger partial charge < -0.3 is 10.4 Å². The number of para-hydroxylation sites is 1. The van der Waals surface area contributed by atoms with E-state index in [1.54, 1.807) is 0 Å². The van der Waals surface area contributed by atoms with Crippen molar-refractivity contribution in [3.05, 3.63) is 29.8 Å². The van der Waals surface area contributed by atoms with E-state index in [0.29, 0.717) is 6.42 Å². The van der Waals surface area contributed by atoms with Gasteiger partial charge in [0.2, 0.25) is 5.91 Å². The molecule has 0 fully saturated rings. The van der Waals surface area contributed by atoms with Crippen LogP contribution in [0.15, 0.2) is 24.3 Å².